The number of likely N-dealkylation sites (N-methyl/N-ethyl adjacent to an activating group) is 1. The summed E-state index contributed by atoms with van der Waals surface area (Å²) in [5.41, 5.74) is 7.81. The van der Waals surface area contributed by atoms with Crippen molar-refractivity contribution in [2.75, 3.05) is 38.3 Å². The number of carbonyl (C=O) groups excluding carboxylic acids is 1. The zero-order valence-corrected chi connectivity index (χ0v) is 26.2. The average molecular weight is 600 g/mol. The smallest absolute Gasteiger partial charge is 0.246 e. The van der Waals surface area contributed by atoms with Crippen LogP contribution in [0.5, 0.6) is 0 Å². The average Bonchev–Trinajstić information content (AvgIpc) is 3.49. The highest BCUT2D eigenvalue weighted by atomic mass is 32.1. The van der Waals surface area contributed by atoms with Crippen molar-refractivity contribution in [1.29, 1.82) is 0 Å². The summed E-state index contributed by atoms with van der Waals surface area (Å²) in [5, 5.41) is 4.72. The molecule has 8 heteroatoms. The number of allylic oxidation sites excluding steroid dienone is 5. The van der Waals surface area contributed by atoms with Gasteiger partial charge >= 0.3 is 0 Å². The minimum absolute atomic E-state index is 0.00730. The van der Waals surface area contributed by atoms with Crippen molar-refractivity contribution < 1.29 is 13.9 Å². The Balaban J connectivity index is 1.20. The maximum Gasteiger partial charge on any atom is 0.246 e. The number of anilines is 1. The molecular formula is C35H41N3O4S. The maximum absolute atomic E-state index is 12.8. The van der Waals surface area contributed by atoms with Gasteiger partial charge in [0.2, 0.25) is 11.3 Å². The molecule has 1 aromatic carbocycles. The first-order chi connectivity index (χ1) is 20.9. The van der Waals surface area contributed by atoms with Crippen LogP contribution >= 0.6 is 11.3 Å². The second-order valence-corrected chi connectivity index (χ2v) is 12.0. The molecule has 5 rings (SSSR count). The quantitative estimate of drug-likeness (QED) is 0.207. The van der Waals surface area contributed by atoms with E-state index in [0.29, 0.717) is 35.0 Å². The van der Waals surface area contributed by atoms with Crippen molar-refractivity contribution in [3.8, 4) is 11.1 Å². The number of ether oxygens (including phenoxy) is 1. The molecule has 2 aliphatic rings. The third-order valence-corrected chi connectivity index (χ3v) is 8.98. The normalized spacial score (nSPS) is 20.2. The van der Waals surface area contributed by atoms with Crippen LogP contribution in [0.15, 0.2) is 85.0 Å². The van der Waals surface area contributed by atoms with E-state index >= 15 is 0 Å². The standard InChI is InChI=1S/C35H41N3O4S/c1-24(35(40)36-3)21-28-10-5-4-6-11-29(37-25(28)2)12-8-7-9-26-13-15-27(16-14-26)30-23-43-34-31(39)22-32(42-33(30)34)38-17-19-41-20-18-38/h10-11,13-16,21-23H,4-9,12,17-20H2,1-3H3,(H,36,40)/b24-21+,28-10-,29-11+,37-25-. The van der Waals surface area contributed by atoms with E-state index in [4.69, 9.17) is 14.1 Å². The van der Waals surface area contributed by atoms with Crippen LogP contribution in [0.2, 0.25) is 0 Å². The van der Waals surface area contributed by atoms with Crippen LogP contribution in [0.4, 0.5) is 5.88 Å². The van der Waals surface area contributed by atoms with Crippen molar-refractivity contribution in [1.82, 2.24) is 5.32 Å². The van der Waals surface area contributed by atoms with E-state index in [2.05, 4.69) is 46.6 Å². The van der Waals surface area contributed by atoms with E-state index in [1.807, 2.05) is 25.3 Å². The van der Waals surface area contributed by atoms with Gasteiger partial charge in [-0.15, -0.1) is 11.3 Å². The number of unbranched alkanes of at least 4 members (excludes halogenated alkanes) is 1. The molecule has 2 aliphatic heterocycles. The first kappa shape index (κ1) is 30.7. The number of morpholine rings is 1. The molecule has 0 bridgehead atoms. The number of amides is 1. The highest BCUT2D eigenvalue weighted by Crippen LogP contribution is 2.35. The minimum Gasteiger partial charge on any atom is -0.439 e. The molecule has 1 saturated heterocycles. The van der Waals surface area contributed by atoms with Crippen LogP contribution in [0.3, 0.4) is 0 Å². The maximum atomic E-state index is 12.8. The zero-order chi connectivity index (χ0) is 30.2. The number of thiophene rings is 1. The fourth-order valence-corrected chi connectivity index (χ4v) is 6.40. The van der Waals surface area contributed by atoms with E-state index in [-0.39, 0.29) is 11.3 Å². The summed E-state index contributed by atoms with van der Waals surface area (Å²) in [6, 6.07) is 10.2. The molecule has 1 amide bonds. The number of hydrogen-bond acceptors (Lipinski definition) is 7. The highest BCUT2D eigenvalue weighted by molar-refractivity contribution is 7.17. The van der Waals surface area contributed by atoms with Gasteiger partial charge in [-0.2, -0.15) is 0 Å². The fraction of sp³-hybridized carbons (Fsp3) is 0.400. The Morgan fingerprint density at radius 2 is 1.84 bits per heavy atom. The molecule has 1 fully saturated rings. The van der Waals surface area contributed by atoms with E-state index in [1.165, 1.54) is 16.9 Å². The zero-order valence-electron chi connectivity index (χ0n) is 25.4. The fourth-order valence-electron chi connectivity index (χ4n) is 5.49. The molecule has 43 heavy (non-hydrogen) atoms. The van der Waals surface area contributed by atoms with Crippen LogP contribution in [-0.2, 0) is 16.0 Å². The number of fused-ring (bicyclic) bond motifs is 1. The van der Waals surface area contributed by atoms with E-state index in [0.717, 1.165) is 86.1 Å². The molecular weight excluding hydrogens is 558 g/mol. The summed E-state index contributed by atoms with van der Waals surface area (Å²) in [5.74, 6) is 0.555. The molecule has 226 valence electrons. The Morgan fingerprint density at radius 1 is 1.09 bits per heavy atom. The molecule has 0 aliphatic carbocycles. The van der Waals surface area contributed by atoms with Gasteiger partial charge in [0.15, 0.2) is 11.5 Å². The van der Waals surface area contributed by atoms with Gasteiger partial charge in [-0.3, -0.25) is 14.6 Å². The Hall–Kier alpha value is -3.75. The molecule has 1 N–H and O–H groups in total. The van der Waals surface area contributed by atoms with Crippen molar-refractivity contribution in [2.45, 2.75) is 58.8 Å². The lowest BCUT2D eigenvalue weighted by Gasteiger charge is -2.27. The van der Waals surface area contributed by atoms with Crippen LogP contribution in [0.1, 0.15) is 57.9 Å². The lowest BCUT2D eigenvalue weighted by molar-refractivity contribution is -0.116. The van der Waals surface area contributed by atoms with Crippen LogP contribution in [0.25, 0.3) is 21.4 Å². The number of rotatable bonds is 9. The van der Waals surface area contributed by atoms with Crippen molar-refractivity contribution >= 4 is 39.1 Å². The SMILES string of the molecule is CNC(=O)/C(C)=C/C1=C/CCC/C=C(CCCCc2ccc(-c3csc4c(=O)cc(N5CCOCC5)oc34)cc2)/N=C\1C. The second kappa shape index (κ2) is 14.6. The summed E-state index contributed by atoms with van der Waals surface area (Å²) in [6.07, 6.45) is 13.5. The first-order valence-corrected chi connectivity index (χ1v) is 16.1. The van der Waals surface area contributed by atoms with Crippen LogP contribution in [0, 0.1) is 0 Å². The van der Waals surface area contributed by atoms with E-state index in [1.54, 1.807) is 13.1 Å². The number of carbonyl (C=O) groups is 1. The Labute approximate surface area is 257 Å². The number of aliphatic imine (C=N–C) groups is 1. The predicted octanol–water partition coefficient (Wildman–Crippen LogP) is 7.22. The van der Waals surface area contributed by atoms with E-state index < -0.39 is 0 Å². The molecule has 2 aromatic heterocycles. The summed E-state index contributed by atoms with van der Waals surface area (Å²) in [7, 11) is 1.65. The van der Waals surface area contributed by atoms with Gasteiger partial charge in [-0.05, 0) is 81.6 Å². The van der Waals surface area contributed by atoms with Crippen LogP contribution in [-0.4, -0.2) is 45.0 Å². The van der Waals surface area contributed by atoms with Crippen molar-refractivity contribution in [2.24, 2.45) is 4.99 Å². The van der Waals surface area contributed by atoms with Crippen molar-refractivity contribution in [3.05, 3.63) is 86.6 Å². The van der Waals surface area contributed by atoms with Gasteiger partial charge in [0.05, 0.1) is 13.2 Å². The predicted molar refractivity (Wildman–Crippen MR) is 177 cm³/mol. The molecule has 0 radical (unpaired) electrons. The summed E-state index contributed by atoms with van der Waals surface area (Å²) >= 11 is 1.44. The molecule has 3 aromatic rings. The number of benzene rings is 1. The topological polar surface area (TPSA) is 84.1 Å². The first-order valence-electron chi connectivity index (χ1n) is 15.3. The lowest BCUT2D eigenvalue weighted by atomic mass is 10.0. The number of nitrogens with zero attached hydrogens (tertiary/aromatic N) is 2. The van der Waals surface area contributed by atoms with Gasteiger partial charge in [-0.1, -0.05) is 36.4 Å². The molecule has 0 spiro atoms. The Kier molecular flexibility index (Phi) is 10.4. The molecule has 7 nitrogen and oxygen atoms in total. The van der Waals surface area contributed by atoms with Gasteiger partial charge < -0.3 is 19.4 Å². The number of nitrogens with one attached hydrogen (secondary N) is 1. The minimum atomic E-state index is -0.0643. The largest absolute Gasteiger partial charge is 0.439 e. The molecule has 0 saturated carbocycles. The highest BCUT2D eigenvalue weighted by Gasteiger charge is 2.18. The van der Waals surface area contributed by atoms with Gasteiger partial charge in [0, 0.05) is 54.1 Å². The molecule has 0 unspecified atom stereocenters. The van der Waals surface area contributed by atoms with Gasteiger partial charge in [-0.25, -0.2) is 0 Å². The summed E-state index contributed by atoms with van der Waals surface area (Å²) < 4.78 is 12.4. The van der Waals surface area contributed by atoms with E-state index in [9.17, 15) is 9.59 Å². The lowest BCUT2D eigenvalue weighted by Crippen LogP contribution is -2.36. The number of hydrogen-bond donors (Lipinski definition) is 1. The molecule has 0 atom stereocenters. The number of aryl methyl sites for hydroxylation is 1. The van der Waals surface area contributed by atoms with Gasteiger partial charge in [0.25, 0.3) is 0 Å². The monoisotopic (exact) mass is 599 g/mol. The van der Waals surface area contributed by atoms with Gasteiger partial charge in [0.1, 0.15) is 4.70 Å². The van der Waals surface area contributed by atoms with Crippen molar-refractivity contribution in [3.63, 3.8) is 0 Å². The third kappa shape index (κ3) is 7.80. The second-order valence-electron chi connectivity index (χ2n) is 11.1. The Morgan fingerprint density at radius 3 is 2.60 bits per heavy atom. The Bertz CT molecular complexity index is 1620. The molecule has 4 heterocycles. The summed E-state index contributed by atoms with van der Waals surface area (Å²) in [4.78, 5) is 31.9. The van der Waals surface area contributed by atoms with Crippen LogP contribution < -0.4 is 15.6 Å². The summed E-state index contributed by atoms with van der Waals surface area (Å²) in [6.45, 7) is 6.59. The third-order valence-electron chi connectivity index (χ3n) is 8.01.